The average Bonchev–Trinajstić information content (AvgIpc) is 2.17. The van der Waals surface area contributed by atoms with Crippen LogP contribution in [-0.2, 0) is 9.53 Å². The Morgan fingerprint density at radius 2 is 2.21 bits per heavy atom. The molecular weight excluding hydrogens is 187 g/mol. The Morgan fingerprint density at radius 1 is 1.64 bits per heavy atom. The molecule has 5 heteroatoms. The lowest BCUT2D eigenvalue weighted by Crippen LogP contribution is -2.49. The predicted molar refractivity (Wildman–Crippen MR) is 52.3 cm³/mol. The fourth-order valence-electron chi connectivity index (χ4n) is 0.916. The molecule has 0 heterocycles. The fourth-order valence-corrected chi connectivity index (χ4v) is 0.916. The summed E-state index contributed by atoms with van der Waals surface area (Å²) < 4.78 is 17.3. The molecule has 0 aliphatic rings. The number of hydrogen-bond acceptors (Lipinski definition) is 4. The Bertz CT molecular complexity index is 231. The van der Waals surface area contributed by atoms with Crippen LogP contribution < -0.4 is 11.5 Å². The van der Waals surface area contributed by atoms with Crippen molar-refractivity contribution in [1.29, 1.82) is 0 Å². The smallest absolute Gasteiger partial charge is 0.332 e. The molecule has 0 rings (SSSR count). The van der Waals surface area contributed by atoms with Gasteiger partial charge in [-0.3, -0.25) is 0 Å². The van der Waals surface area contributed by atoms with Gasteiger partial charge < -0.3 is 16.2 Å². The summed E-state index contributed by atoms with van der Waals surface area (Å²) >= 11 is 0. The number of hydrogen-bond donors (Lipinski definition) is 2. The van der Waals surface area contributed by atoms with E-state index in [-0.39, 0.29) is 13.2 Å². The molecular formula is C9H17FN2O2. The third-order valence-electron chi connectivity index (χ3n) is 1.70. The van der Waals surface area contributed by atoms with Crippen molar-refractivity contribution in [3.63, 3.8) is 0 Å². The highest BCUT2D eigenvalue weighted by atomic mass is 19.1. The van der Waals surface area contributed by atoms with E-state index in [1.54, 1.807) is 13.8 Å². The highest BCUT2D eigenvalue weighted by molar-refractivity contribution is 5.83. The molecule has 0 saturated heterocycles. The summed E-state index contributed by atoms with van der Waals surface area (Å²) in [5, 5.41) is 0. The van der Waals surface area contributed by atoms with E-state index in [1.807, 2.05) is 0 Å². The third-order valence-corrected chi connectivity index (χ3v) is 1.70. The topological polar surface area (TPSA) is 78.3 Å². The molecule has 0 bridgehead atoms. The predicted octanol–water partition coefficient (Wildman–Crippen LogP) is 0.121. The second kappa shape index (κ2) is 5.72. The van der Waals surface area contributed by atoms with Gasteiger partial charge in [0, 0.05) is 6.54 Å². The first-order valence-corrected chi connectivity index (χ1v) is 4.40. The van der Waals surface area contributed by atoms with E-state index in [1.165, 1.54) is 6.08 Å². The number of esters is 1. The summed E-state index contributed by atoms with van der Waals surface area (Å²) in [4.78, 5) is 11.3. The van der Waals surface area contributed by atoms with Gasteiger partial charge in [-0.15, -0.1) is 0 Å². The Hall–Kier alpha value is -0.940. The van der Waals surface area contributed by atoms with Crippen LogP contribution in [-0.4, -0.2) is 31.3 Å². The van der Waals surface area contributed by atoms with E-state index in [2.05, 4.69) is 4.74 Å². The summed E-state index contributed by atoms with van der Waals surface area (Å²) in [5.41, 5.74) is 9.79. The van der Waals surface area contributed by atoms with Gasteiger partial charge in [-0.25, -0.2) is 9.18 Å². The zero-order valence-corrected chi connectivity index (χ0v) is 8.55. The van der Waals surface area contributed by atoms with Gasteiger partial charge in [0.1, 0.15) is 6.67 Å². The van der Waals surface area contributed by atoms with E-state index in [4.69, 9.17) is 11.5 Å². The van der Waals surface area contributed by atoms with Crippen LogP contribution in [0.25, 0.3) is 0 Å². The second-order valence-corrected chi connectivity index (χ2v) is 3.09. The SMILES string of the molecule is CCOC(=O)C(N)(/C=C(\C)CN)CF. The Kier molecular flexibility index (Phi) is 5.34. The van der Waals surface area contributed by atoms with Gasteiger partial charge in [-0.05, 0) is 13.8 Å². The summed E-state index contributed by atoms with van der Waals surface area (Å²) in [5.74, 6) is -0.768. The van der Waals surface area contributed by atoms with Crippen LogP contribution in [0.1, 0.15) is 13.8 Å². The molecule has 0 aliphatic carbocycles. The van der Waals surface area contributed by atoms with E-state index in [0.717, 1.165) is 0 Å². The molecule has 0 aliphatic heterocycles. The van der Waals surface area contributed by atoms with Crippen LogP contribution in [0.2, 0.25) is 0 Å². The minimum atomic E-state index is -1.69. The molecule has 0 aromatic rings. The monoisotopic (exact) mass is 204 g/mol. The zero-order valence-electron chi connectivity index (χ0n) is 8.55. The summed E-state index contributed by atoms with van der Waals surface area (Å²) in [6, 6.07) is 0. The van der Waals surface area contributed by atoms with E-state index in [0.29, 0.717) is 5.57 Å². The minimum Gasteiger partial charge on any atom is -0.464 e. The highest BCUT2D eigenvalue weighted by Gasteiger charge is 2.33. The molecule has 0 aromatic heterocycles. The Balaban J connectivity index is 4.70. The lowest BCUT2D eigenvalue weighted by Gasteiger charge is -2.20. The quantitative estimate of drug-likeness (QED) is 0.492. The van der Waals surface area contributed by atoms with Gasteiger partial charge in [0.05, 0.1) is 6.61 Å². The van der Waals surface area contributed by atoms with Crippen LogP contribution in [0.5, 0.6) is 0 Å². The van der Waals surface area contributed by atoms with E-state index < -0.39 is 18.2 Å². The van der Waals surface area contributed by atoms with Crippen LogP contribution in [0.3, 0.4) is 0 Å². The molecule has 0 radical (unpaired) electrons. The Labute approximate surface area is 83.1 Å². The first kappa shape index (κ1) is 13.1. The largest absolute Gasteiger partial charge is 0.464 e. The first-order chi connectivity index (χ1) is 6.50. The first-order valence-electron chi connectivity index (χ1n) is 4.40. The second-order valence-electron chi connectivity index (χ2n) is 3.09. The third kappa shape index (κ3) is 3.43. The number of carbonyl (C=O) groups excluding carboxylic acids is 1. The van der Waals surface area contributed by atoms with Crippen molar-refractivity contribution >= 4 is 5.97 Å². The highest BCUT2D eigenvalue weighted by Crippen LogP contribution is 2.10. The van der Waals surface area contributed by atoms with Crippen LogP contribution in [0.15, 0.2) is 11.6 Å². The number of halogens is 1. The molecule has 1 atom stereocenters. The van der Waals surface area contributed by atoms with Crippen molar-refractivity contribution in [2.24, 2.45) is 11.5 Å². The summed E-state index contributed by atoms with van der Waals surface area (Å²) in [6.07, 6.45) is 1.31. The van der Waals surface area contributed by atoms with Crippen molar-refractivity contribution in [1.82, 2.24) is 0 Å². The number of nitrogens with two attached hydrogens (primary N) is 2. The molecule has 0 amide bonds. The molecule has 4 N–H and O–H groups in total. The fraction of sp³-hybridized carbons (Fsp3) is 0.667. The maximum atomic E-state index is 12.6. The van der Waals surface area contributed by atoms with Crippen LogP contribution >= 0.6 is 0 Å². The van der Waals surface area contributed by atoms with Crippen molar-refractivity contribution in [2.45, 2.75) is 19.4 Å². The number of alkyl halides is 1. The van der Waals surface area contributed by atoms with Gasteiger partial charge in [0.15, 0.2) is 5.54 Å². The molecule has 0 saturated carbocycles. The molecule has 4 nitrogen and oxygen atoms in total. The summed E-state index contributed by atoms with van der Waals surface area (Å²) in [7, 11) is 0. The molecule has 82 valence electrons. The molecule has 0 spiro atoms. The minimum absolute atomic E-state index is 0.174. The number of rotatable bonds is 5. The maximum Gasteiger partial charge on any atom is 0.332 e. The van der Waals surface area contributed by atoms with Crippen LogP contribution in [0.4, 0.5) is 4.39 Å². The zero-order chi connectivity index (χ0) is 11.2. The molecule has 14 heavy (non-hydrogen) atoms. The van der Waals surface area contributed by atoms with Gasteiger partial charge in [0.25, 0.3) is 0 Å². The maximum absolute atomic E-state index is 12.6. The van der Waals surface area contributed by atoms with E-state index >= 15 is 0 Å². The average molecular weight is 204 g/mol. The van der Waals surface area contributed by atoms with Crippen molar-refractivity contribution in [3.05, 3.63) is 11.6 Å². The van der Waals surface area contributed by atoms with Crippen molar-refractivity contribution < 1.29 is 13.9 Å². The van der Waals surface area contributed by atoms with Crippen molar-refractivity contribution in [3.8, 4) is 0 Å². The standard InChI is InChI=1S/C9H17FN2O2/c1-3-14-8(13)9(12,6-10)4-7(2)5-11/h4H,3,5-6,11-12H2,1-2H3/b7-4+. The van der Waals surface area contributed by atoms with E-state index in [9.17, 15) is 9.18 Å². The molecule has 0 aromatic carbocycles. The molecule has 1 unspecified atom stereocenters. The van der Waals surface area contributed by atoms with Crippen molar-refractivity contribution in [2.75, 3.05) is 19.8 Å². The van der Waals surface area contributed by atoms with Crippen LogP contribution in [0, 0.1) is 0 Å². The number of carbonyl (C=O) groups is 1. The van der Waals surface area contributed by atoms with Gasteiger partial charge >= 0.3 is 5.97 Å². The summed E-state index contributed by atoms with van der Waals surface area (Å²) in [6.45, 7) is 2.72. The van der Waals surface area contributed by atoms with Gasteiger partial charge in [0.2, 0.25) is 0 Å². The normalized spacial score (nSPS) is 16.2. The molecule has 0 fully saturated rings. The lowest BCUT2D eigenvalue weighted by molar-refractivity contribution is -0.148. The number of ether oxygens (including phenoxy) is 1. The Morgan fingerprint density at radius 3 is 2.57 bits per heavy atom. The van der Waals surface area contributed by atoms with Gasteiger partial charge in [-0.1, -0.05) is 11.6 Å². The van der Waals surface area contributed by atoms with Gasteiger partial charge in [-0.2, -0.15) is 0 Å². The lowest BCUT2D eigenvalue weighted by atomic mass is 10.00.